The van der Waals surface area contributed by atoms with Crippen LogP contribution in [0.4, 0.5) is 0 Å². The third-order valence-corrected chi connectivity index (χ3v) is 3.48. The van der Waals surface area contributed by atoms with E-state index in [9.17, 15) is 4.79 Å². The fourth-order valence-electron chi connectivity index (χ4n) is 2.26. The molecule has 1 atom stereocenters. The summed E-state index contributed by atoms with van der Waals surface area (Å²) < 4.78 is 0. The van der Waals surface area contributed by atoms with E-state index >= 15 is 0 Å². The summed E-state index contributed by atoms with van der Waals surface area (Å²) in [7, 11) is 0. The molecule has 0 heterocycles. The van der Waals surface area contributed by atoms with E-state index in [4.69, 9.17) is 0 Å². The molecule has 0 aliphatic heterocycles. The first-order valence-electron chi connectivity index (χ1n) is 8.27. The van der Waals surface area contributed by atoms with Gasteiger partial charge < -0.3 is 0 Å². The zero-order chi connectivity index (χ0) is 14.5. The predicted molar refractivity (Wildman–Crippen MR) is 85.4 cm³/mol. The SMILES string of the molecule is CCCCCCCCCC(C)/C=C/C(=O)CC(C)C. The maximum atomic E-state index is 11.5. The highest BCUT2D eigenvalue weighted by atomic mass is 16.1. The number of ketones is 1. The van der Waals surface area contributed by atoms with Gasteiger partial charge in [-0.25, -0.2) is 0 Å². The monoisotopic (exact) mass is 266 g/mol. The minimum Gasteiger partial charge on any atom is -0.295 e. The van der Waals surface area contributed by atoms with Crippen LogP contribution in [0.1, 0.15) is 85.5 Å². The first kappa shape index (κ1) is 18.4. The molecule has 0 rings (SSSR count). The Bertz CT molecular complexity index is 240. The van der Waals surface area contributed by atoms with Crippen LogP contribution in [0, 0.1) is 11.8 Å². The quantitative estimate of drug-likeness (QED) is 0.316. The van der Waals surface area contributed by atoms with Crippen molar-refractivity contribution in [3.8, 4) is 0 Å². The second-order valence-corrected chi connectivity index (χ2v) is 6.31. The first-order chi connectivity index (χ1) is 9.06. The Kier molecular flexibility index (Phi) is 12.1. The summed E-state index contributed by atoms with van der Waals surface area (Å²) in [6.45, 7) is 8.66. The van der Waals surface area contributed by atoms with E-state index in [1.807, 2.05) is 0 Å². The number of allylic oxidation sites excluding steroid dienone is 2. The van der Waals surface area contributed by atoms with Crippen molar-refractivity contribution in [2.24, 2.45) is 11.8 Å². The Morgan fingerprint density at radius 1 is 0.947 bits per heavy atom. The van der Waals surface area contributed by atoms with Crippen molar-refractivity contribution in [1.29, 1.82) is 0 Å². The van der Waals surface area contributed by atoms with E-state index in [0.717, 1.165) is 0 Å². The van der Waals surface area contributed by atoms with Gasteiger partial charge in [0, 0.05) is 6.42 Å². The van der Waals surface area contributed by atoms with Gasteiger partial charge in [0.05, 0.1) is 0 Å². The van der Waals surface area contributed by atoms with Crippen LogP contribution < -0.4 is 0 Å². The van der Waals surface area contributed by atoms with Gasteiger partial charge in [0.1, 0.15) is 0 Å². The molecular formula is C18H34O. The Labute approximate surface area is 120 Å². The normalized spacial score (nSPS) is 13.3. The molecule has 1 heteroatoms. The lowest BCUT2D eigenvalue weighted by molar-refractivity contribution is -0.115. The molecule has 0 spiro atoms. The Balaban J connectivity index is 3.50. The molecule has 0 fully saturated rings. The number of hydrogen-bond donors (Lipinski definition) is 0. The molecule has 112 valence electrons. The molecule has 1 unspecified atom stereocenters. The summed E-state index contributed by atoms with van der Waals surface area (Å²) in [6, 6.07) is 0. The minimum absolute atomic E-state index is 0.279. The Morgan fingerprint density at radius 3 is 2.11 bits per heavy atom. The molecule has 0 aromatic rings. The van der Waals surface area contributed by atoms with Gasteiger partial charge in [-0.2, -0.15) is 0 Å². The summed E-state index contributed by atoms with van der Waals surface area (Å²) in [4.78, 5) is 11.5. The van der Waals surface area contributed by atoms with Gasteiger partial charge in [0.2, 0.25) is 0 Å². The standard InChI is InChI=1S/C18H34O/c1-5-6-7-8-9-10-11-12-17(4)13-14-18(19)15-16(2)3/h13-14,16-17H,5-12,15H2,1-4H3/b14-13+. The second-order valence-electron chi connectivity index (χ2n) is 6.31. The molecular weight excluding hydrogens is 232 g/mol. The van der Waals surface area contributed by atoms with E-state index in [-0.39, 0.29) is 5.78 Å². The highest BCUT2D eigenvalue weighted by Crippen LogP contribution is 2.13. The Morgan fingerprint density at radius 2 is 1.53 bits per heavy atom. The minimum atomic E-state index is 0.279. The average molecular weight is 266 g/mol. The fourth-order valence-corrected chi connectivity index (χ4v) is 2.26. The van der Waals surface area contributed by atoms with Crippen molar-refractivity contribution in [1.82, 2.24) is 0 Å². The number of unbranched alkanes of at least 4 members (excludes halogenated alkanes) is 6. The smallest absolute Gasteiger partial charge is 0.155 e. The third kappa shape index (κ3) is 13.6. The molecule has 0 aliphatic carbocycles. The molecule has 0 N–H and O–H groups in total. The highest BCUT2D eigenvalue weighted by molar-refractivity contribution is 5.89. The van der Waals surface area contributed by atoms with Crippen LogP contribution in [0.5, 0.6) is 0 Å². The van der Waals surface area contributed by atoms with Gasteiger partial charge in [-0.1, -0.05) is 78.7 Å². The number of rotatable bonds is 12. The largest absolute Gasteiger partial charge is 0.295 e. The van der Waals surface area contributed by atoms with Crippen LogP contribution in [-0.4, -0.2) is 5.78 Å². The van der Waals surface area contributed by atoms with E-state index in [1.165, 1.54) is 51.4 Å². The van der Waals surface area contributed by atoms with Crippen LogP contribution >= 0.6 is 0 Å². The van der Waals surface area contributed by atoms with Crippen molar-refractivity contribution in [3.05, 3.63) is 12.2 Å². The molecule has 0 saturated carbocycles. The number of hydrogen-bond acceptors (Lipinski definition) is 1. The van der Waals surface area contributed by atoms with Crippen LogP contribution in [0.3, 0.4) is 0 Å². The van der Waals surface area contributed by atoms with E-state index in [1.54, 1.807) is 6.08 Å². The van der Waals surface area contributed by atoms with Gasteiger partial charge in [0.15, 0.2) is 5.78 Å². The summed E-state index contributed by atoms with van der Waals surface area (Å²) in [5, 5.41) is 0. The molecule has 0 saturated heterocycles. The summed E-state index contributed by atoms with van der Waals surface area (Å²) in [5.41, 5.74) is 0. The molecule has 0 aromatic carbocycles. The van der Waals surface area contributed by atoms with Gasteiger partial charge in [-0.05, 0) is 24.3 Å². The van der Waals surface area contributed by atoms with Crippen molar-refractivity contribution < 1.29 is 4.79 Å². The molecule has 0 radical (unpaired) electrons. The van der Waals surface area contributed by atoms with E-state index in [2.05, 4.69) is 33.8 Å². The molecule has 19 heavy (non-hydrogen) atoms. The topological polar surface area (TPSA) is 17.1 Å². The highest BCUT2D eigenvalue weighted by Gasteiger charge is 2.02. The van der Waals surface area contributed by atoms with Gasteiger partial charge in [-0.15, -0.1) is 0 Å². The lowest BCUT2D eigenvalue weighted by Gasteiger charge is -2.06. The fraction of sp³-hybridized carbons (Fsp3) is 0.833. The van der Waals surface area contributed by atoms with Gasteiger partial charge >= 0.3 is 0 Å². The van der Waals surface area contributed by atoms with Crippen LogP contribution in [0.2, 0.25) is 0 Å². The van der Waals surface area contributed by atoms with Gasteiger partial charge in [0.25, 0.3) is 0 Å². The van der Waals surface area contributed by atoms with Crippen molar-refractivity contribution in [2.75, 3.05) is 0 Å². The number of carbonyl (C=O) groups is 1. The van der Waals surface area contributed by atoms with Crippen LogP contribution in [0.15, 0.2) is 12.2 Å². The molecule has 1 nitrogen and oxygen atoms in total. The average Bonchev–Trinajstić information content (AvgIpc) is 2.34. The maximum absolute atomic E-state index is 11.5. The van der Waals surface area contributed by atoms with E-state index < -0.39 is 0 Å². The lowest BCUT2D eigenvalue weighted by Crippen LogP contribution is -2.00. The predicted octanol–water partition coefficient (Wildman–Crippen LogP) is 5.93. The molecule has 0 amide bonds. The first-order valence-corrected chi connectivity index (χ1v) is 8.27. The molecule has 0 aliphatic rings. The zero-order valence-corrected chi connectivity index (χ0v) is 13.6. The van der Waals surface area contributed by atoms with E-state index in [0.29, 0.717) is 18.3 Å². The zero-order valence-electron chi connectivity index (χ0n) is 13.6. The van der Waals surface area contributed by atoms with Crippen molar-refractivity contribution in [2.45, 2.75) is 85.5 Å². The van der Waals surface area contributed by atoms with Crippen molar-refractivity contribution in [3.63, 3.8) is 0 Å². The summed E-state index contributed by atoms with van der Waals surface area (Å²) >= 11 is 0. The number of carbonyl (C=O) groups excluding carboxylic acids is 1. The molecule has 0 bridgehead atoms. The van der Waals surface area contributed by atoms with Gasteiger partial charge in [-0.3, -0.25) is 4.79 Å². The summed E-state index contributed by atoms with van der Waals surface area (Å²) in [5.74, 6) is 1.30. The lowest BCUT2D eigenvalue weighted by atomic mass is 10.00. The second kappa shape index (κ2) is 12.4. The maximum Gasteiger partial charge on any atom is 0.155 e. The third-order valence-electron chi connectivity index (χ3n) is 3.48. The molecule has 0 aromatic heterocycles. The van der Waals surface area contributed by atoms with Crippen molar-refractivity contribution >= 4 is 5.78 Å². The Hall–Kier alpha value is -0.590. The van der Waals surface area contributed by atoms with Crippen LogP contribution in [-0.2, 0) is 4.79 Å². The van der Waals surface area contributed by atoms with Crippen LogP contribution in [0.25, 0.3) is 0 Å². The summed E-state index contributed by atoms with van der Waals surface area (Å²) in [6.07, 6.45) is 15.3.